The molecule has 1 rings (SSSR count). The predicted octanol–water partition coefficient (Wildman–Crippen LogP) is 5.67. The topological polar surface area (TPSA) is 60.3 Å². The van der Waals surface area contributed by atoms with Gasteiger partial charge >= 0.3 is 0 Å². The molecule has 0 aliphatic heterocycles. The molecule has 7 heteroatoms. The molecule has 0 aliphatic rings. The number of hydrogen-bond donors (Lipinski definition) is 1. The van der Waals surface area contributed by atoms with Crippen LogP contribution >= 0.6 is 23.2 Å². The van der Waals surface area contributed by atoms with Crippen molar-refractivity contribution in [2.24, 2.45) is 5.16 Å². The lowest BCUT2D eigenvalue weighted by atomic mass is 10.1. The van der Waals surface area contributed by atoms with Gasteiger partial charge in [-0.05, 0) is 61.9 Å². The Morgan fingerprint density at radius 1 is 1.07 bits per heavy atom. The average Bonchev–Trinajstić information content (AvgIpc) is 2.64. The molecule has 152 valence electrons. The molecule has 0 aliphatic carbocycles. The fraction of sp³-hybridized carbons (Fsp3) is 0.550. The van der Waals surface area contributed by atoms with Gasteiger partial charge in [-0.2, -0.15) is 0 Å². The molecular weight excluding hydrogens is 389 g/mol. The molecule has 0 heterocycles. The molecule has 0 saturated carbocycles. The molecule has 0 unspecified atom stereocenters. The number of aryl methyl sites for hydroxylation is 2. The number of halogens is 2. The second kappa shape index (κ2) is 14.6. The molecule has 1 aromatic carbocycles. The third-order valence-electron chi connectivity index (χ3n) is 3.90. The standard InChI is InChI=1S/C20H29Cl2NO4/c1-3-17-15-18(26-12-8-19(21)22)14-16(2)20(17)27-11-7-5-4-6-10-25-13-9-23-24/h8-9,14-15,24H,3-7,10-13H2,1-2H3/b23-9+. The highest BCUT2D eigenvalue weighted by Gasteiger charge is 2.09. The molecule has 0 atom stereocenters. The number of hydrogen-bond acceptors (Lipinski definition) is 5. The summed E-state index contributed by atoms with van der Waals surface area (Å²) in [4.78, 5) is 0. The van der Waals surface area contributed by atoms with Crippen LogP contribution in [0.25, 0.3) is 0 Å². The van der Waals surface area contributed by atoms with Gasteiger partial charge in [-0.1, -0.05) is 41.7 Å². The zero-order chi connectivity index (χ0) is 19.9. The van der Waals surface area contributed by atoms with Crippen LogP contribution < -0.4 is 9.47 Å². The number of unbranched alkanes of at least 4 members (excludes halogenated alkanes) is 3. The van der Waals surface area contributed by atoms with Crippen molar-refractivity contribution in [3.63, 3.8) is 0 Å². The molecule has 27 heavy (non-hydrogen) atoms. The smallest absolute Gasteiger partial charge is 0.125 e. The van der Waals surface area contributed by atoms with Gasteiger partial charge in [-0.15, -0.1) is 0 Å². The van der Waals surface area contributed by atoms with E-state index in [1.54, 1.807) is 6.08 Å². The Hall–Kier alpha value is -1.43. The summed E-state index contributed by atoms with van der Waals surface area (Å²) < 4.78 is 17.2. The van der Waals surface area contributed by atoms with Crippen LogP contribution in [0.1, 0.15) is 43.7 Å². The summed E-state index contributed by atoms with van der Waals surface area (Å²) in [6.45, 7) is 6.19. The third-order valence-corrected chi connectivity index (χ3v) is 4.21. The minimum absolute atomic E-state index is 0.202. The maximum atomic E-state index is 8.25. The van der Waals surface area contributed by atoms with Gasteiger partial charge < -0.3 is 19.4 Å². The Morgan fingerprint density at radius 2 is 1.81 bits per heavy atom. The maximum absolute atomic E-state index is 8.25. The minimum Gasteiger partial charge on any atom is -0.493 e. The summed E-state index contributed by atoms with van der Waals surface area (Å²) >= 11 is 11.2. The van der Waals surface area contributed by atoms with Crippen LogP contribution in [0.15, 0.2) is 27.9 Å². The summed E-state index contributed by atoms with van der Waals surface area (Å²) in [5.41, 5.74) is 2.19. The first-order valence-corrected chi connectivity index (χ1v) is 9.98. The van der Waals surface area contributed by atoms with Gasteiger partial charge in [0.05, 0.1) is 19.4 Å². The van der Waals surface area contributed by atoms with E-state index in [9.17, 15) is 0 Å². The second-order valence-corrected chi connectivity index (χ2v) is 7.03. The number of benzene rings is 1. The molecule has 0 fully saturated rings. The largest absolute Gasteiger partial charge is 0.493 e. The molecular formula is C20H29Cl2NO4. The van der Waals surface area contributed by atoms with Crippen molar-refractivity contribution in [2.75, 3.05) is 26.4 Å². The van der Waals surface area contributed by atoms with Gasteiger partial charge in [0.25, 0.3) is 0 Å². The Bertz CT molecular complexity index is 602. The van der Waals surface area contributed by atoms with Crippen molar-refractivity contribution in [1.82, 2.24) is 0 Å². The molecule has 0 radical (unpaired) electrons. The summed E-state index contributed by atoms with van der Waals surface area (Å²) in [6, 6.07) is 3.98. The number of rotatable bonds is 14. The van der Waals surface area contributed by atoms with E-state index < -0.39 is 0 Å². The molecule has 0 saturated heterocycles. The summed E-state index contributed by atoms with van der Waals surface area (Å²) in [5, 5.41) is 11.1. The molecule has 0 spiro atoms. The van der Waals surface area contributed by atoms with Gasteiger partial charge in [0, 0.05) is 6.61 Å². The second-order valence-electron chi connectivity index (χ2n) is 6.02. The van der Waals surface area contributed by atoms with Crippen molar-refractivity contribution in [3.8, 4) is 11.5 Å². The van der Waals surface area contributed by atoms with Crippen molar-refractivity contribution in [2.45, 2.75) is 46.0 Å². The molecule has 0 aromatic heterocycles. The first-order valence-electron chi connectivity index (χ1n) is 9.22. The Balaban J connectivity index is 2.36. The Morgan fingerprint density at radius 3 is 2.48 bits per heavy atom. The van der Waals surface area contributed by atoms with E-state index in [1.165, 1.54) is 6.21 Å². The number of nitrogens with zero attached hydrogens (tertiary/aromatic N) is 1. The van der Waals surface area contributed by atoms with Gasteiger partial charge in [0.15, 0.2) is 0 Å². The van der Waals surface area contributed by atoms with Gasteiger partial charge in [0.2, 0.25) is 0 Å². The lowest BCUT2D eigenvalue weighted by molar-refractivity contribution is 0.165. The highest BCUT2D eigenvalue weighted by atomic mass is 35.5. The van der Waals surface area contributed by atoms with Crippen LogP contribution in [0, 0.1) is 6.92 Å². The van der Waals surface area contributed by atoms with Crippen LogP contribution in [0.2, 0.25) is 0 Å². The highest BCUT2D eigenvalue weighted by Crippen LogP contribution is 2.30. The van der Waals surface area contributed by atoms with Crippen LogP contribution in [0.5, 0.6) is 11.5 Å². The van der Waals surface area contributed by atoms with Crippen molar-refractivity contribution < 1.29 is 19.4 Å². The van der Waals surface area contributed by atoms with Gasteiger partial charge in [-0.3, -0.25) is 0 Å². The Labute approximate surface area is 171 Å². The van der Waals surface area contributed by atoms with Crippen molar-refractivity contribution in [3.05, 3.63) is 33.8 Å². The van der Waals surface area contributed by atoms with Crippen LogP contribution in [0.3, 0.4) is 0 Å². The molecule has 1 N–H and O–H groups in total. The van der Waals surface area contributed by atoms with Crippen LogP contribution in [0.4, 0.5) is 0 Å². The SMILES string of the molecule is CCc1cc(OCC=C(Cl)Cl)cc(C)c1OCCCCCCOC/C=N/O. The van der Waals surface area contributed by atoms with Gasteiger partial charge in [-0.25, -0.2) is 0 Å². The number of oxime groups is 1. The lowest BCUT2D eigenvalue weighted by Gasteiger charge is -2.15. The molecule has 0 bridgehead atoms. The predicted molar refractivity (Wildman–Crippen MR) is 111 cm³/mol. The van der Waals surface area contributed by atoms with E-state index in [4.69, 9.17) is 42.6 Å². The Kier molecular flexibility index (Phi) is 12.8. The third kappa shape index (κ3) is 10.5. The first-order chi connectivity index (χ1) is 13.1. The zero-order valence-electron chi connectivity index (χ0n) is 16.0. The quantitative estimate of drug-likeness (QED) is 0.183. The highest BCUT2D eigenvalue weighted by molar-refractivity contribution is 6.55. The van der Waals surface area contributed by atoms with Crippen LogP contribution in [-0.2, 0) is 11.2 Å². The normalized spacial score (nSPS) is 11.0. The van der Waals surface area contributed by atoms with Crippen LogP contribution in [-0.4, -0.2) is 37.8 Å². The lowest BCUT2D eigenvalue weighted by Crippen LogP contribution is -2.04. The summed E-state index contributed by atoms with van der Waals surface area (Å²) in [7, 11) is 0. The van der Waals surface area contributed by atoms with E-state index in [1.807, 2.05) is 19.1 Å². The monoisotopic (exact) mass is 417 g/mol. The van der Waals surface area contributed by atoms with E-state index in [-0.39, 0.29) is 4.49 Å². The molecule has 5 nitrogen and oxygen atoms in total. The number of ether oxygens (including phenoxy) is 3. The summed E-state index contributed by atoms with van der Waals surface area (Å²) in [5.74, 6) is 1.73. The molecule has 1 aromatic rings. The molecule has 0 amide bonds. The fourth-order valence-corrected chi connectivity index (χ4v) is 2.69. The van der Waals surface area contributed by atoms with E-state index in [0.717, 1.165) is 54.7 Å². The minimum atomic E-state index is 0.202. The average molecular weight is 418 g/mol. The van der Waals surface area contributed by atoms with Gasteiger partial charge in [0.1, 0.15) is 22.6 Å². The zero-order valence-corrected chi connectivity index (χ0v) is 17.6. The summed E-state index contributed by atoms with van der Waals surface area (Å²) in [6.07, 6.45) is 7.98. The van der Waals surface area contributed by atoms with E-state index in [2.05, 4.69) is 12.1 Å². The maximum Gasteiger partial charge on any atom is 0.125 e. The van der Waals surface area contributed by atoms with Crippen molar-refractivity contribution >= 4 is 29.4 Å². The van der Waals surface area contributed by atoms with Crippen molar-refractivity contribution in [1.29, 1.82) is 0 Å². The fourth-order valence-electron chi connectivity index (χ4n) is 2.57. The van der Waals surface area contributed by atoms with E-state index >= 15 is 0 Å². The van der Waals surface area contributed by atoms with E-state index in [0.29, 0.717) is 26.4 Å². The first kappa shape index (κ1) is 23.6.